The predicted molar refractivity (Wildman–Crippen MR) is 528 cm³/mol. The number of nitro benzene ring substituents is 3. The number of nitrogens with zero attached hydrogens (tertiary/aromatic N) is 9. The number of nitro groups is 3. The molecule has 0 radical (unpaired) electrons. The van der Waals surface area contributed by atoms with Gasteiger partial charge in [-0.25, -0.2) is 41.6 Å². The molecule has 8 fully saturated rings. The zero-order valence-electron chi connectivity index (χ0n) is 81.1. The first kappa shape index (κ1) is 120. The number of hydrogen-bond donors (Lipinski definition) is 2. The molecule has 8 aliphatic carbocycles. The minimum absolute atomic E-state index is 0. The molecule has 132 heavy (non-hydrogen) atoms. The third-order valence-corrected chi connectivity index (χ3v) is 27.0. The van der Waals surface area contributed by atoms with Gasteiger partial charge in [0.1, 0.15) is 23.1 Å². The molecule has 20 nitrogen and oxygen atoms in total. The number of halogens is 7. The Labute approximate surface area is 831 Å². The fraction of sp³-hybridized carbons (Fsp3) is 0.635. The second-order valence-electron chi connectivity index (χ2n) is 37.3. The van der Waals surface area contributed by atoms with Gasteiger partial charge in [-0.1, -0.05) is 203 Å². The Hall–Kier alpha value is -7.71. The largest absolute Gasteiger partial charge is 1.00 e. The van der Waals surface area contributed by atoms with Crippen molar-refractivity contribution < 1.29 is 82.8 Å². The maximum absolute atomic E-state index is 13.2. The smallest absolute Gasteiger partial charge is 1.00 e. The second-order valence-corrected chi connectivity index (χ2v) is 39.2. The van der Waals surface area contributed by atoms with E-state index in [0.717, 1.165) is 167 Å². The van der Waals surface area contributed by atoms with E-state index < -0.39 is 55.4 Å². The standard InChI is InChI=1S/C22H31N3O2.2C12H11FN2O2.C12H12FN.C11H20O.C11H22.C8H6FN.C6H13N.C4H8Br2.C4H7ClO.C2H4O2.Na.H/c1-17(2)16-24(19-9-5-4-6-10-19)20-12-11-18(15-21(20)25(26)27)22(23-3)13-7-8-14-22;2*1-14-12(6-2-3-7-12)9-4-5-10(13)11(8-9)15(16)17;1-14-12(8-2-3-9-12)10-4-6-11(13)7-5-10;1-9(2)11(12)8-10-6-4-3-5-7-10;1-10(2)8-9-11-6-4-3-5-7-11;1-10-6-7-2-4-8(9)5-3-7;7-6-4-2-1-3-5-6;5-3-1-2-4-6;1-3(2)4(5)6;1-2(3)4;;/h11-12,15,17,19H,4-10,13-14,16H2,1-2H3;2*4-5,8H,2-3,6-7H2;4-7H,2-3,8-9H2;9-10H,3-8H2,1-2H3;10-11H,3-9H2,1-2H3;2-5H,6H2;6H,1-5,7H2;1-4H2;3H,1-2H3;1H3,(H,3,4);;/q;;;;;;;;;;;+1;-1. The van der Waals surface area contributed by atoms with Gasteiger partial charge >= 0.3 is 40.9 Å². The molecule has 0 unspecified atom stereocenters. The van der Waals surface area contributed by atoms with Gasteiger partial charge in [-0.3, -0.25) is 44.7 Å². The summed E-state index contributed by atoms with van der Waals surface area (Å²) in [7, 11) is 0. The number of carboxylic acid groups (broad SMARTS) is 1. The first-order valence-corrected chi connectivity index (χ1v) is 50.2. The van der Waals surface area contributed by atoms with Crippen LogP contribution in [0.2, 0.25) is 0 Å². The number of Topliss-reactive ketones (excluding diaryl/α,β-unsaturated/α-hetero) is 1. The molecule has 0 bridgehead atoms. The molecule has 0 amide bonds. The number of carbonyl (C=O) groups is 3. The SMILES string of the molecule is BrCCCCBr.CC(=O)O.CC(C)C(=O)CC1CCCCC1.CC(C)C(=O)Cl.CC(C)CCC1CCCCC1.NC1CCCCC1.[C-]#[N+]C1(c2ccc(F)c([N+](=O)[O-])c2)CCCC1.[C-]#[N+]C1(c2ccc(F)c([N+](=O)[O-])c2)CCCC1.[C-]#[N+]C1(c2ccc(F)cc2)CCCC1.[C-]#[N+]C1(c2ccc(N(CC(C)C)C3CCCCC3)c([N+](=O)[O-])c2)CCCC1.[C-]#[N+]Cc1ccc(F)cc1.[H-].[Na+]. The quantitative estimate of drug-likeness (QED) is 0.00959. The van der Waals surface area contributed by atoms with Crippen LogP contribution < -0.4 is 40.2 Å². The van der Waals surface area contributed by atoms with Gasteiger partial charge in [0.25, 0.3) is 33.8 Å². The van der Waals surface area contributed by atoms with Crippen molar-refractivity contribution >= 4 is 83.2 Å². The van der Waals surface area contributed by atoms with Crippen LogP contribution >= 0.6 is 43.5 Å². The molecule has 0 aromatic heterocycles. The Morgan fingerprint density at radius 2 is 0.803 bits per heavy atom. The summed E-state index contributed by atoms with van der Waals surface area (Å²) >= 11 is 11.6. The molecule has 0 spiro atoms. The molecule has 13 rings (SSSR count). The van der Waals surface area contributed by atoms with Gasteiger partial charge in [0.2, 0.25) is 23.4 Å². The van der Waals surface area contributed by atoms with Crippen molar-refractivity contribution in [2.45, 2.75) is 366 Å². The Bertz CT molecular complexity index is 4360. The normalized spacial score (nSPS) is 17.2. The Kier molecular flexibility index (Phi) is 60.1. The number of aliphatic carboxylic acids is 1. The molecule has 5 aromatic carbocycles. The number of rotatable bonds is 22. The Morgan fingerprint density at radius 1 is 0.485 bits per heavy atom. The van der Waals surface area contributed by atoms with Crippen LogP contribution in [0.5, 0.6) is 0 Å². The molecule has 0 atom stereocenters. The number of nitrogens with two attached hydrogens (primary N) is 1. The first-order chi connectivity index (χ1) is 62.4. The van der Waals surface area contributed by atoms with Crippen LogP contribution in [0.25, 0.3) is 24.2 Å². The van der Waals surface area contributed by atoms with Crippen LogP contribution in [-0.4, -0.2) is 66.2 Å². The summed E-state index contributed by atoms with van der Waals surface area (Å²) in [5.74, 6) is 0.821. The molecule has 8 saturated carbocycles. The minimum atomic E-state index is -0.850. The maximum atomic E-state index is 13.2. The third kappa shape index (κ3) is 44.0. The topological polar surface area (TPSA) is 252 Å². The van der Waals surface area contributed by atoms with Crippen molar-refractivity contribution in [1.82, 2.24) is 0 Å². The van der Waals surface area contributed by atoms with E-state index in [1.165, 1.54) is 190 Å². The fourth-order valence-electron chi connectivity index (χ4n) is 17.7. The molecule has 3 N–H and O–H groups in total. The molecule has 0 saturated heterocycles. The van der Waals surface area contributed by atoms with Gasteiger partial charge in [0.15, 0.2) is 0 Å². The van der Waals surface area contributed by atoms with Crippen molar-refractivity contribution in [2.75, 3.05) is 22.1 Å². The molecule has 8 aliphatic rings. The van der Waals surface area contributed by atoms with Crippen molar-refractivity contribution in [1.29, 1.82) is 0 Å². The summed E-state index contributed by atoms with van der Waals surface area (Å²) in [5.41, 5.74) is 6.99. The van der Waals surface area contributed by atoms with Gasteiger partial charge in [-0.15, -0.1) is 0 Å². The van der Waals surface area contributed by atoms with Crippen LogP contribution in [0.4, 0.5) is 40.3 Å². The van der Waals surface area contributed by atoms with Crippen LogP contribution in [-0.2, 0) is 43.1 Å². The van der Waals surface area contributed by atoms with Crippen molar-refractivity contribution in [3.63, 3.8) is 0 Å². The first-order valence-electron chi connectivity index (χ1n) is 47.5. The van der Waals surface area contributed by atoms with Crippen molar-refractivity contribution in [2.24, 2.45) is 41.2 Å². The minimum Gasteiger partial charge on any atom is -1.00 e. The Balaban J connectivity index is 0.000000757. The second kappa shape index (κ2) is 65.9. The number of hydrogen-bond acceptors (Lipinski definition) is 11. The summed E-state index contributed by atoms with van der Waals surface area (Å²) in [6.45, 7) is 54.8. The van der Waals surface area contributed by atoms with Gasteiger partial charge in [-0.2, -0.15) is 8.78 Å². The summed E-state index contributed by atoms with van der Waals surface area (Å²) in [6.07, 6.45) is 47.4. The van der Waals surface area contributed by atoms with E-state index in [-0.39, 0.29) is 75.8 Å². The number of benzene rings is 5. The van der Waals surface area contributed by atoms with Crippen LogP contribution in [0.1, 0.15) is 355 Å². The molecule has 722 valence electrons. The molecular formula is C104H146Br2ClF4N10NaO10. The summed E-state index contributed by atoms with van der Waals surface area (Å²) in [5, 5.41) is 42.7. The van der Waals surface area contributed by atoms with Gasteiger partial charge < -0.3 is 41.4 Å². The summed E-state index contributed by atoms with van der Waals surface area (Å²) in [6, 6.07) is 26.4. The molecule has 28 heteroatoms. The van der Waals surface area contributed by atoms with Gasteiger partial charge in [0, 0.05) is 152 Å². The van der Waals surface area contributed by atoms with Gasteiger partial charge in [0.05, 0.1) is 14.8 Å². The Morgan fingerprint density at radius 3 is 1.11 bits per heavy atom. The summed E-state index contributed by atoms with van der Waals surface area (Å²) in [4.78, 5) is 82.2. The number of carbonyl (C=O) groups excluding carboxylic acids is 2. The number of alkyl halides is 2. The van der Waals surface area contributed by atoms with Crippen molar-refractivity contribution in [3.8, 4) is 0 Å². The average molecular weight is 1990 g/mol. The molecule has 5 aromatic rings. The number of ketones is 1. The fourth-order valence-corrected chi connectivity index (χ4v) is 18.5. The van der Waals surface area contributed by atoms with E-state index in [1.54, 1.807) is 44.2 Å². The number of unbranched alkanes of at least 4 members (excludes halogenated alkanes) is 1. The van der Waals surface area contributed by atoms with Crippen LogP contribution in [0.3, 0.4) is 0 Å². The van der Waals surface area contributed by atoms with E-state index in [4.69, 9.17) is 60.1 Å². The summed E-state index contributed by atoms with van der Waals surface area (Å²) < 4.78 is 51.4. The maximum Gasteiger partial charge on any atom is 1.00 e. The zero-order valence-corrected chi connectivity index (χ0v) is 86.1. The molecule has 0 aliphatic heterocycles. The predicted octanol–water partition coefficient (Wildman–Crippen LogP) is 28.3. The molecule has 0 heterocycles. The van der Waals surface area contributed by atoms with Crippen LogP contribution in [0.15, 0.2) is 103 Å². The van der Waals surface area contributed by atoms with E-state index in [0.29, 0.717) is 73.1 Å². The van der Waals surface area contributed by atoms with E-state index in [1.807, 2.05) is 26.0 Å². The van der Waals surface area contributed by atoms with Gasteiger partial charge in [-0.05, 0) is 210 Å². The van der Waals surface area contributed by atoms with Crippen molar-refractivity contribution in [3.05, 3.63) is 242 Å². The number of carboxylic acids is 1. The average Bonchev–Trinajstić information content (AvgIpc) is 1.72. The third-order valence-electron chi connectivity index (χ3n) is 25.4. The monoisotopic (exact) mass is 1990 g/mol. The molecular weight excluding hydrogens is 1840 g/mol. The zero-order chi connectivity index (χ0) is 97.5. The van der Waals surface area contributed by atoms with E-state index in [9.17, 15) is 57.5 Å². The number of anilines is 1. The van der Waals surface area contributed by atoms with E-state index >= 15 is 0 Å². The van der Waals surface area contributed by atoms with Crippen LogP contribution in [0, 0.1) is 122 Å². The van der Waals surface area contributed by atoms with E-state index in [2.05, 4.69) is 88.7 Å².